The minimum Gasteiger partial charge on any atom is -0.478 e. The summed E-state index contributed by atoms with van der Waals surface area (Å²) in [5, 5.41) is 18.4. The summed E-state index contributed by atoms with van der Waals surface area (Å²) in [6.07, 6.45) is 3.79. The lowest BCUT2D eigenvalue weighted by atomic mass is 10.1. The molecule has 2 aromatic carbocycles. The lowest BCUT2D eigenvalue weighted by molar-refractivity contribution is 0.0690. The summed E-state index contributed by atoms with van der Waals surface area (Å²) >= 11 is 1.20. The van der Waals surface area contributed by atoms with Gasteiger partial charge in [-0.15, -0.1) is 11.8 Å². The van der Waals surface area contributed by atoms with Gasteiger partial charge in [0, 0.05) is 10.6 Å². The minimum atomic E-state index is -1.13. The molecule has 0 aliphatic heterocycles. The number of carbonyl (C=O) groups is 2. The normalized spacial score (nSPS) is 10.7. The summed E-state index contributed by atoms with van der Waals surface area (Å²) in [6, 6.07) is 14.0. The van der Waals surface area contributed by atoms with E-state index in [9.17, 15) is 19.8 Å². The van der Waals surface area contributed by atoms with Crippen LogP contribution in [0.2, 0.25) is 0 Å². The molecule has 0 radical (unpaired) electrons. The van der Waals surface area contributed by atoms with Gasteiger partial charge in [0.05, 0.1) is 11.1 Å². The molecule has 0 heterocycles. The van der Waals surface area contributed by atoms with Crippen LogP contribution in [0, 0.1) is 0 Å². The molecule has 2 rings (SSSR count). The molecule has 2 N–H and O–H groups in total. The van der Waals surface area contributed by atoms with Gasteiger partial charge in [-0.25, -0.2) is 9.59 Å². The quantitative estimate of drug-likeness (QED) is 0.791. The van der Waals surface area contributed by atoms with Crippen LogP contribution in [-0.4, -0.2) is 27.9 Å². The molecule has 0 aliphatic rings. The summed E-state index contributed by atoms with van der Waals surface area (Å²) in [6.45, 7) is 0. The Morgan fingerprint density at radius 1 is 0.909 bits per heavy atom. The summed E-state index contributed by atoms with van der Waals surface area (Å²) < 4.78 is 0. The molecule has 112 valence electrons. The van der Waals surface area contributed by atoms with Gasteiger partial charge >= 0.3 is 11.9 Å². The molecule has 0 fully saturated rings. The second-order valence-electron chi connectivity index (χ2n) is 4.42. The number of carboxylic acids is 2. The fourth-order valence-corrected chi connectivity index (χ4v) is 2.89. The van der Waals surface area contributed by atoms with Gasteiger partial charge in [-0.3, -0.25) is 0 Å². The highest BCUT2D eigenvalue weighted by Crippen LogP contribution is 2.27. The van der Waals surface area contributed by atoms with Gasteiger partial charge < -0.3 is 10.2 Å². The summed E-state index contributed by atoms with van der Waals surface area (Å²) in [4.78, 5) is 22.7. The Balaban J connectivity index is 2.16. The highest BCUT2D eigenvalue weighted by molar-refractivity contribution is 7.99. The van der Waals surface area contributed by atoms with Crippen LogP contribution in [0.4, 0.5) is 0 Å². The zero-order chi connectivity index (χ0) is 15.9. The van der Waals surface area contributed by atoms with E-state index in [-0.39, 0.29) is 16.0 Å². The van der Waals surface area contributed by atoms with Gasteiger partial charge in [0.25, 0.3) is 0 Å². The number of rotatable bonds is 6. The molecule has 0 aromatic heterocycles. The van der Waals surface area contributed by atoms with E-state index in [1.165, 1.54) is 30.0 Å². The van der Waals surface area contributed by atoms with Crippen LogP contribution in [0.5, 0.6) is 0 Å². The zero-order valence-electron chi connectivity index (χ0n) is 11.6. The fraction of sp³-hybridized carbons (Fsp3) is 0.0588. The third kappa shape index (κ3) is 3.99. The van der Waals surface area contributed by atoms with E-state index in [1.807, 2.05) is 42.5 Å². The second-order valence-corrected chi connectivity index (χ2v) is 5.45. The molecule has 0 saturated carbocycles. The molecule has 0 atom stereocenters. The molecule has 0 unspecified atom stereocenters. The van der Waals surface area contributed by atoms with Gasteiger partial charge in [0.1, 0.15) is 0 Å². The van der Waals surface area contributed by atoms with Crippen molar-refractivity contribution in [2.24, 2.45) is 0 Å². The van der Waals surface area contributed by atoms with E-state index in [2.05, 4.69) is 0 Å². The highest BCUT2D eigenvalue weighted by Gasteiger charge is 2.17. The van der Waals surface area contributed by atoms with Crippen molar-refractivity contribution >= 4 is 29.8 Å². The number of hydrogen-bond acceptors (Lipinski definition) is 3. The maximum absolute atomic E-state index is 11.2. The predicted octanol–water partition coefficient (Wildman–Crippen LogP) is 3.89. The maximum atomic E-state index is 11.2. The first-order chi connectivity index (χ1) is 10.6. The fourth-order valence-electron chi connectivity index (χ4n) is 1.91. The first-order valence-corrected chi connectivity index (χ1v) is 7.52. The van der Waals surface area contributed by atoms with Crippen LogP contribution in [0.1, 0.15) is 26.3 Å². The van der Waals surface area contributed by atoms with E-state index in [1.54, 1.807) is 0 Å². The van der Waals surface area contributed by atoms with Gasteiger partial charge in [-0.2, -0.15) is 0 Å². The standard InChI is InChI=1S/C17H14O4S/c18-16(19)13-9-4-10-14(17(20)21)15(13)22-11-5-8-12-6-2-1-3-7-12/h1-10H,11H2,(H,18,19)(H,20,21)/b8-5+. The summed E-state index contributed by atoms with van der Waals surface area (Å²) in [7, 11) is 0. The van der Waals surface area contributed by atoms with E-state index in [0.29, 0.717) is 5.75 Å². The van der Waals surface area contributed by atoms with Crippen LogP contribution in [0.25, 0.3) is 6.08 Å². The van der Waals surface area contributed by atoms with Crippen LogP contribution in [-0.2, 0) is 0 Å². The summed E-state index contributed by atoms with van der Waals surface area (Å²) in [5.74, 6) is -1.77. The predicted molar refractivity (Wildman–Crippen MR) is 86.6 cm³/mol. The number of carboxylic acid groups (broad SMARTS) is 2. The van der Waals surface area contributed by atoms with E-state index < -0.39 is 11.9 Å². The van der Waals surface area contributed by atoms with Crippen LogP contribution >= 0.6 is 11.8 Å². The van der Waals surface area contributed by atoms with Crippen molar-refractivity contribution in [1.29, 1.82) is 0 Å². The number of benzene rings is 2. The monoisotopic (exact) mass is 314 g/mol. The third-order valence-corrected chi connectivity index (χ3v) is 4.00. The molecule has 0 aliphatic carbocycles. The van der Waals surface area contributed by atoms with Gasteiger partial charge in [-0.05, 0) is 17.7 Å². The van der Waals surface area contributed by atoms with Crippen molar-refractivity contribution in [3.05, 3.63) is 71.3 Å². The highest BCUT2D eigenvalue weighted by atomic mass is 32.2. The molecule has 0 spiro atoms. The van der Waals surface area contributed by atoms with Crippen molar-refractivity contribution in [3.8, 4) is 0 Å². The molecule has 22 heavy (non-hydrogen) atoms. The average Bonchev–Trinajstić information content (AvgIpc) is 2.52. The number of hydrogen-bond donors (Lipinski definition) is 2. The minimum absolute atomic E-state index is 0.0120. The Kier molecular flexibility index (Phi) is 5.38. The first-order valence-electron chi connectivity index (χ1n) is 6.53. The molecular weight excluding hydrogens is 300 g/mol. The Hall–Kier alpha value is -2.53. The van der Waals surface area contributed by atoms with Crippen molar-refractivity contribution < 1.29 is 19.8 Å². The maximum Gasteiger partial charge on any atom is 0.336 e. The Morgan fingerprint density at radius 2 is 1.50 bits per heavy atom. The van der Waals surface area contributed by atoms with Crippen LogP contribution < -0.4 is 0 Å². The number of aromatic carboxylic acids is 2. The second kappa shape index (κ2) is 7.47. The molecule has 0 amide bonds. The third-order valence-electron chi connectivity index (χ3n) is 2.91. The smallest absolute Gasteiger partial charge is 0.336 e. The molecule has 0 bridgehead atoms. The van der Waals surface area contributed by atoms with Gasteiger partial charge in [-0.1, -0.05) is 48.6 Å². The first kappa shape index (κ1) is 15.9. The molecule has 2 aromatic rings. The molecule has 4 nitrogen and oxygen atoms in total. The number of thioether (sulfide) groups is 1. The average molecular weight is 314 g/mol. The van der Waals surface area contributed by atoms with E-state index >= 15 is 0 Å². The van der Waals surface area contributed by atoms with E-state index in [0.717, 1.165) is 5.56 Å². The summed E-state index contributed by atoms with van der Waals surface area (Å²) in [5.41, 5.74) is 1.06. The molecular formula is C17H14O4S. The van der Waals surface area contributed by atoms with Gasteiger partial charge in [0.2, 0.25) is 0 Å². The van der Waals surface area contributed by atoms with Crippen molar-refractivity contribution in [3.63, 3.8) is 0 Å². The van der Waals surface area contributed by atoms with Gasteiger partial charge in [0.15, 0.2) is 0 Å². The Labute approximate surface area is 132 Å². The SMILES string of the molecule is O=C(O)c1cccc(C(=O)O)c1SC/C=C/c1ccccc1. The Bertz CT molecular complexity index is 676. The lowest BCUT2D eigenvalue weighted by Crippen LogP contribution is -2.06. The molecule has 0 saturated heterocycles. The topological polar surface area (TPSA) is 74.6 Å². The van der Waals surface area contributed by atoms with Crippen molar-refractivity contribution in [2.75, 3.05) is 5.75 Å². The lowest BCUT2D eigenvalue weighted by Gasteiger charge is -2.08. The van der Waals surface area contributed by atoms with Crippen LogP contribution in [0.3, 0.4) is 0 Å². The van der Waals surface area contributed by atoms with Crippen LogP contribution in [0.15, 0.2) is 59.5 Å². The zero-order valence-corrected chi connectivity index (χ0v) is 12.4. The van der Waals surface area contributed by atoms with Crippen molar-refractivity contribution in [1.82, 2.24) is 0 Å². The molecule has 5 heteroatoms. The van der Waals surface area contributed by atoms with Crippen molar-refractivity contribution in [2.45, 2.75) is 4.90 Å². The Morgan fingerprint density at radius 3 is 2.05 bits per heavy atom. The largest absolute Gasteiger partial charge is 0.478 e. The van der Waals surface area contributed by atoms with E-state index in [4.69, 9.17) is 0 Å².